The van der Waals surface area contributed by atoms with Crippen LogP contribution in [0.15, 0.2) is 54.5 Å². The molecule has 0 spiro atoms. The number of aliphatic imine (C=N–C) groups is 1. The van der Waals surface area contributed by atoms with Gasteiger partial charge < -0.3 is 14.7 Å². The Morgan fingerprint density at radius 1 is 1.14 bits per heavy atom. The molecule has 118 valence electrons. The molecule has 0 N–H and O–H groups in total. The molecule has 0 saturated carbocycles. The van der Waals surface area contributed by atoms with Crippen LogP contribution in [-0.4, -0.2) is 32.8 Å². The van der Waals surface area contributed by atoms with E-state index in [9.17, 15) is 0 Å². The highest BCUT2D eigenvalue weighted by Gasteiger charge is 2.24. The number of nitrogens with zero attached hydrogens (tertiary/aromatic N) is 1. The van der Waals surface area contributed by atoms with Crippen LogP contribution in [0, 0.1) is 0 Å². The third kappa shape index (κ3) is 9.44. The van der Waals surface area contributed by atoms with Gasteiger partial charge in [0.25, 0.3) is 0 Å². The van der Waals surface area contributed by atoms with Crippen molar-refractivity contribution in [1.29, 1.82) is 0 Å². The van der Waals surface area contributed by atoms with Crippen LogP contribution in [0.2, 0.25) is 0 Å². The molecule has 0 heterocycles. The van der Waals surface area contributed by atoms with Crippen molar-refractivity contribution in [3.8, 4) is 0 Å². The summed E-state index contributed by atoms with van der Waals surface area (Å²) in [5.74, 6) is 0.0956. The maximum atomic E-state index is 4.99. The molecule has 0 aromatic rings. The fourth-order valence-corrected chi connectivity index (χ4v) is 0.861. The van der Waals surface area contributed by atoms with Crippen LogP contribution in [0.3, 0.4) is 0 Å². The molecule has 1 unspecified atom stereocenters. The van der Waals surface area contributed by atoms with Crippen molar-refractivity contribution in [3.05, 3.63) is 49.5 Å². The molecule has 21 heavy (non-hydrogen) atoms. The summed E-state index contributed by atoms with van der Waals surface area (Å²) in [6.07, 6.45) is 1.59. The summed E-state index contributed by atoms with van der Waals surface area (Å²) in [5, 5.41) is 0. The quantitative estimate of drug-likeness (QED) is 0.0990. The second kappa shape index (κ2) is 11.7. The van der Waals surface area contributed by atoms with E-state index in [1.54, 1.807) is 6.92 Å². The molecule has 0 radical (unpaired) electrons. The van der Waals surface area contributed by atoms with E-state index < -0.39 is 6.10 Å². The van der Waals surface area contributed by atoms with Crippen molar-refractivity contribution in [3.63, 3.8) is 0 Å². The Hall–Kier alpha value is -2.09. The molecule has 0 bridgehead atoms. The Bertz CT molecular complexity index is 391. The van der Waals surface area contributed by atoms with Gasteiger partial charge in [0.2, 0.25) is 12.5 Å². The van der Waals surface area contributed by atoms with Crippen LogP contribution in [0.4, 0.5) is 0 Å². The van der Waals surface area contributed by atoms with Crippen molar-refractivity contribution in [2.45, 2.75) is 13.0 Å². The van der Waals surface area contributed by atoms with Gasteiger partial charge in [0.1, 0.15) is 13.2 Å². The lowest BCUT2D eigenvalue weighted by Gasteiger charge is -2.18. The number of hydrogen-bond acceptors (Lipinski definition) is 7. The van der Waals surface area contributed by atoms with Crippen molar-refractivity contribution in [2.75, 3.05) is 20.3 Å². The van der Waals surface area contributed by atoms with Gasteiger partial charge in [0.05, 0.1) is 0 Å². The molecule has 0 amide bonds. The van der Waals surface area contributed by atoms with Crippen molar-refractivity contribution < 1.29 is 29.3 Å². The van der Waals surface area contributed by atoms with Gasteiger partial charge in [-0.05, 0) is 6.92 Å². The summed E-state index contributed by atoms with van der Waals surface area (Å²) < 4.78 is 0. The molecule has 0 aliphatic heterocycles. The van der Waals surface area contributed by atoms with Crippen LogP contribution >= 0.6 is 0 Å². The third-order valence-electron chi connectivity index (χ3n) is 1.71. The predicted octanol–water partition coefficient (Wildman–Crippen LogP) is 2.65. The standard InChI is InChI=1S/C14H21NO6/c1-7-8-16-19-12(4)14(21-18-10-15-6)13(5)20-17-9-11(2)3/h7,10,14H,1-2,4-5,8-9H2,3,6H3. The minimum Gasteiger partial charge on any atom is -0.339 e. The Balaban J connectivity index is 4.47. The maximum absolute atomic E-state index is 4.99. The van der Waals surface area contributed by atoms with E-state index in [-0.39, 0.29) is 24.7 Å². The van der Waals surface area contributed by atoms with Crippen LogP contribution < -0.4 is 0 Å². The number of hydrogen-bond donors (Lipinski definition) is 0. The van der Waals surface area contributed by atoms with E-state index in [0.29, 0.717) is 0 Å². The van der Waals surface area contributed by atoms with Gasteiger partial charge in [0, 0.05) is 7.05 Å². The Labute approximate surface area is 124 Å². The van der Waals surface area contributed by atoms with Gasteiger partial charge in [-0.3, -0.25) is 4.99 Å². The van der Waals surface area contributed by atoms with Crippen LogP contribution in [0.25, 0.3) is 0 Å². The van der Waals surface area contributed by atoms with Gasteiger partial charge in [-0.15, -0.1) is 6.58 Å². The van der Waals surface area contributed by atoms with Crippen LogP contribution in [0.5, 0.6) is 0 Å². The molecule has 0 fully saturated rings. The van der Waals surface area contributed by atoms with E-state index in [1.165, 1.54) is 13.1 Å². The topological polar surface area (TPSA) is 67.7 Å². The molecule has 0 rings (SSSR count). The van der Waals surface area contributed by atoms with Crippen molar-refractivity contribution in [2.24, 2.45) is 4.99 Å². The largest absolute Gasteiger partial charge is 0.339 e. The molecule has 0 aromatic heterocycles. The molecule has 7 heteroatoms. The second-order valence-corrected chi connectivity index (χ2v) is 3.83. The summed E-state index contributed by atoms with van der Waals surface area (Å²) in [4.78, 5) is 32.8. The third-order valence-corrected chi connectivity index (χ3v) is 1.71. The lowest BCUT2D eigenvalue weighted by atomic mass is 10.3. The van der Waals surface area contributed by atoms with Crippen LogP contribution in [-0.2, 0) is 29.3 Å². The SMILES string of the molecule is C=CCOOC(=C)C(OOC=NC)C(=C)OOCC(=C)C. The van der Waals surface area contributed by atoms with Crippen LogP contribution in [0.1, 0.15) is 6.92 Å². The minimum atomic E-state index is -0.988. The molecular formula is C14H21NO6. The highest BCUT2D eigenvalue weighted by atomic mass is 17.2. The fraction of sp³-hybridized carbons (Fsp3) is 0.357. The molecule has 1 atom stereocenters. The smallest absolute Gasteiger partial charge is 0.225 e. The lowest BCUT2D eigenvalue weighted by Crippen LogP contribution is -2.22. The fourth-order valence-electron chi connectivity index (χ4n) is 0.861. The molecule has 0 aliphatic rings. The first-order chi connectivity index (χ1) is 10.0. The summed E-state index contributed by atoms with van der Waals surface area (Å²) in [7, 11) is 1.51. The highest BCUT2D eigenvalue weighted by molar-refractivity contribution is 5.44. The van der Waals surface area contributed by atoms with E-state index in [0.717, 1.165) is 12.0 Å². The zero-order valence-electron chi connectivity index (χ0n) is 12.4. The Kier molecular flexibility index (Phi) is 10.5. The van der Waals surface area contributed by atoms with Gasteiger partial charge in [-0.1, -0.05) is 31.4 Å². The van der Waals surface area contributed by atoms with E-state index in [2.05, 4.69) is 31.3 Å². The monoisotopic (exact) mass is 299 g/mol. The molecule has 0 saturated heterocycles. The van der Waals surface area contributed by atoms with E-state index >= 15 is 0 Å². The minimum absolute atomic E-state index is 0.0466. The predicted molar refractivity (Wildman–Crippen MR) is 77.7 cm³/mol. The molecule has 0 aromatic carbocycles. The average molecular weight is 299 g/mol. The van der Waals surface area contributed by atoms with E-state index in [4.69, 9.17) is 29.3 Å². The molecular weight excluding hydrogens is 278 g/mol. The van der Waals surface area contributed by atoms with Crippen molar-refractivity contribution >= 4 is 6.40 Å². The van der Waals surface area contributed by atoms with Gasteiger partial charge >= 0.3 is 0 Å². The summed E-state index contributed by atoms with van der Waals surface area (Å²) >= 11 is 0. The summed E-state index contributed by atoms with van der Waals surface area (Å²) in [6.45, 7) is 16.6. The maximum Gasteiger partial charge on any atom is 0.225 e. The second-order valence-electron chi connectivity index (χ2n) is 3.83. The van der Waals surface area contributed by atoms with E-state index in [1.807, 2.05) is 0 Å². The zero-order chi connectivity index (χ0) is 16.1. The first-order valence-electron chi connectivity index (χ1n) is 5.97. The first kappa shape index (κ1) is 18.9. The van der Waals surface area contributed by atoms with Gasteiger partial charge in [-0.25, -0.2) is 0 Å². The average Bonchev–Trinajstić information content (AvgIpc) is 2.43. The number of rotatable bonds is 13. The Morgan fingerprint density at radius 3 is 2.29 bits per heavy atom. The summed E-state index contributed by atoms with van der Waals surface area (Å²) in [6, 6.07) is 0. The highest BCUT2D eigenvalue weighted by Crippen LogP contribution is 2.17. The first-order valence-corrected chi connectivity index (χ1v) is 5.97. The molecule has 7 nitrogen and oxygen atoms in total. The van der Waals surface area contributed by atoms with Gasteiger partial charge in [0.15, 0.2) is 11.5 Å². The lowest BCUT2D eigenvalue weighted by molar-refractivity contribution is -0.321. The zero-order valence-corrected chi connectivity index (χ0v) is 12.4. The van der Waals surface area contributed by atoms with Crippen molar-refractivity contribution in [1.82, 2.24) is 0 Å². The Morgan fingerprint density at radius 2 is 1.76 bits per heavy atom. The molecule has 0 aliphatic carbocycles. The normalized spacial score (nSPS) is 11.7. The van der Waals surface area contributed by atoms with Gasteiger partial charge in [-0.2, -0.15) is 14.7 Å². The summed E-state index contributed by atoms with van der Waals surface area (Å²) in [5.41, 5.74) is 0.777.